The van der Waals surface area contributed by atoms with E-state index in [0.717, 1.165) is 11.1 Å². The summed E-state index contributed by atoms with van der Waals surface area (Å²) in [4.78, 5) is 10.2. The van der Waals surface area contributed by atoms with Gasteiger partial charge in [0.25, 0.3) is 15.7 Å². The van der Waals surface area contributed by atoms with Gasteiger partial charge in [-0.3, -0.25) is 14.4 Å². The molecule has 6 nitrogen and oxygen atoms in total. The predicted octanol–water partition coefficient (Wildman–Crippen LogP) is 3.43. The number of hydrogen-bond donors (Lipinski definition) is 0. The minimum Gasteiger partial charge on any atom is -0.266 e. The van der Waals surface area contributed by atoms with Gasteiger partial charge in [0.15, 0.2) is 4.90 Å². The smallest absolute Gasteiger partial charge is 0.266 e. The van der Waals surface area contributed by atoms with E-state index in [1.165, 1.54) is 28.6 Å². The minimum absolute atomic E-state index is 0.179. The Morgan fingerprint density at radius 1 is 1.13 bits per heavy atom. The molecular weight excluding hydrogens is 316 g/mol. The van der Waals surface area contributed by atoms with Crippen LogP contribution in [0.4, 0.5) is 11.4 Å². The van der Waals surface area contributed by atoms with Crippen LogP contribution in [0.25, 0.3) is 0 Å². The molecule has 0 fully saturated rings. The normalized spacial score (nSPS) is 11.3. The number of nitro groups is 1. The van der Waals surface area contributed by atoms with E-state index in [2.05, 4.69) is 0 Å². The number of nitro benzene ring substituents is 1. The van der Waals surface area contributed by atoms with Crippen molar-refractivity contribution in [2.24, 2.45) is 0 Å². The molecule has 2 rings (SSSR count). The van der Waals surface area contributed by atoms with E-state index in [-0.39, 0.29) is 11.4 Å². The highest BCUT2D eigenvalue weighted by atomic mass is 32.2. The molecule has 2 aromatic carbocycles. The second-order valence-corrected chi connectivity index (χ2v) is 7.02. The summed E-state index contributed by atoms with van der Waals surface area (Å²) in [6.45, 7) is 5.62. The molecule has 0 saturated carbocycles. The van der Waals surface area contributed by atoms with Crippen molar-refractivity contribution in [2.75, 3.05) is 10.8 Å². The van der Waals surface area contributed by atoms with Crippen LogP contribution in [0, 0.1) is 24.0 Å². The van der Waals surface area contributed by atoms with Crippen LogP contribution in [-0.2, 0) is 10.0 Å². The van der Waals surface area contributed by atoms with Gasteiger partial charge >= 0.3 is 0 Å². The molecule has 122 valence electrons. The average Bonchev–Trinajstić information content (AvgIpc) is 2.50. The number of nitrogens with zero attached hydrogens (tertiary/aromatic N) is 2. The first kappa shape index (κ1) is 17.0. The molecule has 0 aromatic heterocycles. The van der Waals surface area contributed by atoms with Gasteiger partial charge in [0.2, 0.25) is 0 Å². The molecule has 2 aromatic rings. The molecule has 0 heterocycles. The summed E-state index contributed by atoms with van der Waals surface area (Å²) in [5.74, 6) is 0. The number of sulfonamides is 1. The maximum atomic E-state index is 12.9. The Labute approximate surface area is 135 Å². The molecule has 0 aliphatic carbocycles. The Bertz CT molecular complexity index is 847. The third kappa shape index (κ3) is 3.19. The van der Waals surface area contributed by atoms with Gasteiger partial charge in [0.1, 0.15) is 0 Å². The third-order valence-corrected chi connectivity index (χ3v) is 5.47. The van der Waals surface area contributed by atoms with E-state index < -0.39 is 20.6 Å². The molecule has 0 N–H and O–H groups in total. The molecular formula is C16H18N2O4S. The number of hydrogen-bond acceptors (Lipinski definition) is 4. The summed E-state index contributed by atoms with van der Waals surface area (Å²) in [5, 5.41) is 11.2. The molecule has 7 heteroatoms. The van der Waals surface area contributed by atoms with Crippen molar-refractivity contribution < 1.29 is 13.3 Å². The zero-order valence-corrected chi connectivity index (χ0v) is 14.0. The summed E-state index contributed by atoms with van der Waals surface area (Å²) in [6.07, 6.45) is 0. The SMILES string of the molecule is CCN(c1ccc(C)cc1C)S(=O)(=O)c1ccccc1[N+](=O)[O-]. The van der Waals surface area contributed by atoms with Crippen LogP contribution in [0.2, 0.25) is 0 Å². The summed E-state index contributed by atoms with van der Waals surface area (Å²) >= 11 is 0. The van der Waals surface area contributed by atoms with Crippen molar-refractivity contribution in [1.82, 2.24) is 0 Å². The zero-order chi connectivity index (χ0) is 17.2. The lowest BCUT2D eigenvalue weighted by atomic mass is 10.1. The Morgan fingerprint density at radius 3 is 2.35 bits per heavy atom. The Kier molecular flexibility index (Phi) is 4.70. The predicted molar refractivity (Wildman–Crippen MR) is 89.2 cm³/mol. The van der Waals surface area contributed by atoms with Gasteiger partial charge in [-0.1, -0.05) is 29.8 Å². The molecule has 0 bridgehead atoms. The average molecular weight is 334 g/mol. The summed E-state index contributed by atoms with van der Waals surface area (Å²) in [6, 6.07) is 10.8. The fraction of sp³-hybridized carbons (Fsp3) is 0.250. The summed E-state index contributed by atoms with van der Waals surface area (Å²) < 4.78 is 27.1. The molecule has 0 saturated heterocycles. The Morgan fingerprint density at radius 2 is 1.78 bits per heavy atom. The number of aryl methyl sites for hydroxylation is 2. The molecule has 0 spiro atoms. The van der Waals surface area contributed by atoms with E-state index >= 15 is 0 Å². The quantitative estimate of drug-likeness (QED) is 0.620. The van der Waals surface area contributed by atoms with Crippen molar-refractivity contribution in [3.8, 4) is 0 Å². The van der Waals surface area contributed by atoms with Crippen molar-refractivity contribution in [2.45, 2.75) is 25.7 Å². The standard InChI is InChI=1S/C16H18N2O4S/c1-4-17(14-10-9-12(2)11-13(14)3)23(21,22)16-8-6-5-7-15(16)18(19)20/h5-11H,4H2,1-3H3. The molecule has 0 amide bonds. The highest BCUT2D eigenvalue weighted by molar-refractivity contribution is 7.93. The van der Waals surface area contributed by atoms with Gasteiger partial charge in [-0.15, -0.1) is 0 Å². The maximum absolute atomic E-state index is 12.9. The van der Waals surface area contributed by atoms with E-state index in [9.17, 15) is 18.5 Å². The van der Waals surface area contributed by atoms with E-state index in [4.69, 9.17) is 0 Å². The fourth-order valence-corrected chi connectivity index (χ4v) is 4.20. The van der Waals surface area contributed by atoms with Crippen LogP contribution in [-0.4, -0.2) is 19.9 Å². The first-order valence-corrected chi connectivity index (χ1v) is 8.56. The number of para-hydroxylation sites is 1. The number of benzene rings is 2. The van der Waals surface area contributed by atoms with Gasteiger partial charge in [0.05, 0.1) is 10.6 Å². The monoisotopic (exact) mass is 334 g/mol. The molecule has 0 aliphatic rings. The van der Waals surface area contributed by atoms with Crippen LogP contribution in [0.15, 0.2) is 47.4 Å². The van der Waals surface area contributed by atoms with Crippen molar-refractivity contribution in [3.05, 3.63) is 63.7 Å². The van der Waals surface area contributed by atoms with Gasteiger partial charge in [-0.2, -0.15) is 0 Å². The molecule has 0 atom stereocenters. The van der Waals surface area contributed by atoms with E-state index in [1.54, 1.807) is 13.0 Å². The fourth-order valence-electron chi connectivity index (χ4n) is 2.50. The second kappa shape index (κ2) is 6.37. The second-order valence-electron chi connectivity index (χ2n) is 5.18. The molecule has 23 heavy (non-hydrogen) atoms. The van der Waals surface area contributed by atoms with Crippen molar-refractivity contribution in [1.29, 1.82) is 0 Å². The van der Waals surface area contributed by atoms with Crippen LogP contribution in [0.5, 0.6) is 0 Å². The first-order valence-electron chi connectivity index (χ1n) is 7.12. The minimum atomic E-state index is -4.02. The lowest BCUT2D eigenvalue weighted by molar-refractivity contribution is -0.387. The van der Waals surface area contributed by atoms with Crippen LogP contribution in [0.1, 0.15) is 18.1 Å². The van der Waals surface area contributed by atoms with Crippen molar-refractivity contribution in [3.63, 3.8) is 0 Å². The number of anilines is 1. The molecule has 0 radical (unpaired) electrons. The first-order chi connectivity index (χ1) is 10.8. The number of rotatable bonds is 5. The Hall–Kier alpha value is -2.41. The highest BCUT2D eigenvalue weighted by Crippen LogP contribution is 2.31. The highest BCUT2D eigenvalue weighted by Gasteiger charge is 2.31. The lowest BCUT2D eigenvalue weighted by Gasteiger charge is -2.24. The van der Waals surface area contributed by atoms with Crippen LogP contribution in [0.3, 0.4) is 0 Å². The van der Waals surface area contributed by atoms with Crippen molar-refractivity contribution >= 4 is 21.4 Å². The zero-order valence-electron chi connectivity index (χ0n) is 13.2. The van der Waals surface area contributed by atoms with Gasteiger partial charge < -0.3 is 0 Å². The van der Waals surface area contributed by atoms with Gasteiger partial charge in [-0.25, -0.2) is 8.42 Å². The topological polar surface area (TPSA) is 80.5 Å². The lowest BCUT2D eigenvalue weighted by Crippen LogP contribution is -2.31. The van der Waals surface area contributed by atoms with Gasteiger partial charge in [0, 0.05) is 12.6 Å². The summed E-state index contributed by atoms with van der Waals surface area (Å²) in [5.41, 5.74) is 1.92. The third-order valence-electron chi connectivity index (χ3n) is 3.54. The van der Waals surface area contributed by atoms with Crippen LogP contribution >= 0.6 is 0 Å². The molecule has 0 aliphatic heterocycles. The Balaban J connectivity index is 2.63. The maximum Gasteiger partial charge on any atom is 0.289 e. The largest absolute Gasteiger partial charge is 0.289 e. The summed E-state index contributed by atoms with van der Waals surface area (Å²) in [7, 11) is -4.02. The molecule has 0 unspecified atom stereocenters. The van der Waals surface area contributed by atoms with Crippen LogP contribution < -0.4 is 4.31 Å². The van der Waals surface area contributed by atoms with E-state index in [1.807, 2.05) is 26.0 Å². The van der Waals surface area contributed by atoms with Gasteiger partial charge in [-0.05, 0) is 38.5 Å². The van der Waals surface area contributed by atoms with E-state index in [0.29, 0.717) is 5.69 Å².